The molecule has 21 heavy (non-hydrogen) atoms. The van der Waals surface area contributed by atoms with Crippen LogP contribution >= 0.6 is 0 Å². The van der Waals surface area contributed by atoms with Crippen LogP contribution in [0, 0.1) is 0 Å². The SMILES string of the molecule is CCCC(C)(NC(=O)N1CCN(C(C)(C)C)CC1)C(=O)O. The summed E-state index contributed by atoms with van der Waals surface area (Å²) in [6.45, 7) is 12.8. The van der Waals surface area contributed by atoms with Crippen molar-refractivity contribution >= 4 is 12.0 Å². The largest absolute Gasteiger partial charge is 0.480 e. The fourth-order valence-electron chi connectivity index (χ4n) is 2.62. The van der Waals surface area contributed by atoms with Gasteiger partial charge < -0.3 is 15.3 Å². The molecule has 1 fully saturated rings. The Morgan fingerprint density at radius 3 is 2.00 bits per heavy atom. The summed E-state index contributed by atoms with van der Waals surface area (Å²) in [5, 5.41) is 12.0. The molecule has 0 radical (unpaired) electrons. The first-order valence-corrected chi connectivity index (χ1v) is 7.65. The highest BCUT2D eigenvalue weighted by atomic mass is 16.4. The molecule has 1 rings (SSSR count). The monoisotopic (exact) mass is 299 g/mol. The molecule has 1 aliphatic rings. The van der Waals surface area contributed by atoms with E-state index in [1.807, 2.05) is 6.92 Å². The van der Waals surface area contributed by atoms with Crippen LogP contribution in [0.2, 0.25) is 0 Å². The Kier molecular flexibility index (Phi) is 5.61. The third-order valence-electron chi connectivity index (χ3n) is 4.12. The van der Waals surface area contributed by atoms with Crippen molar-refractivity contribution < 1.29 is 14.7 Å². The number of carbonyl (C=O) groups excluding carboxylic acids is 1. The van der Waals surface area contributed by atoms with Gasteiger partial charge in [0, 0.05) is 31.7 Å². The van der Waals surface area contributed by atoms with E-state index in [9.17, 15) is 14.7 Å². The van der Waals surface area contributed by atoms with Crippen molar-refractivity contribution in [3.8, 4) is 0 Å². The van der Waals surface area contributed by atoms with Crippen molar-refractivity contribution in [2.45, 2.75) is 58.5 Å². The Hall–Kier alpha value is -1.30. The first kappa shape index (κ1) is 17.8. The van der Waals surface area contributed by atoms with Crippen molar-refractivity contribution in [2.75, 3.05) is 26.2 Å². The summed E-state index contributed by atoms with van der Waals surface area (Å²) in [6.07, 6.45) is 1.14. The molecule has 122 valence electrons. The number of piperazine rings is 1. The molecule has 1 heterocycles. The second kappa shape index (κ2) is 6.64. The second-order valence-corrected chi connectivity index (χ2v) is 6.96. The second-order valence-electron chi connectivity index (χ2n) is 6.96. The highest BCUT2D eigenvalue weighted by molar-refractivity contribution is 5.85. The van der Waals surface area contributed by atoms with Gasteiger partial charge >= 0.3 is 12.0 Å². The highest BCUT2D eigenvalue weighted by Gasteiger charge is 2.36. The standard InChI is InChI=1S/C15H29N3O3/c1-6-7-15(5,12(19)20)16-13(21)17-8-10-18(11-9-17)14(2,3)4/h6-11H2,1-5H3,(H,16,21)(H,19,20). The minimum absolute atomic E-state index is 0.0976. The lowest BCUT2D eigenvalue weighted by Crippen LogP contribution is -2.60. The highest BCUT2D eigenvalue weighted by Crippen LogP contribution is 2.17. The third kappa shape index (κ3) is 4.59. The van der Waals surface area contributed by atoms with Crippen molar-refractivity contribution in [3.05, 3.63) is 0 Å². The summed E-state index contributed by atoms with van der Waals surface area (Å²) >= 11 is 0. The van der Waals surface area contributed by atoms with Gasteiger partial charge in [-0.1, -0.05) is 13.3 Å². The zero-order valence-corrected chi connectivity index (χ0v) is 13.9. The van der Waals surface area contributed by atoms with E-state index in [1.54, 1.807) is 11.8 Å². The Bertz CT molecular complexity index is 384. The van der Waals surface area contributed by atoms with Gasteiger partial charge in [0.05, 0.1) is 0 Å². The number of amides is 2. The van der Waals surface area contributed by atoms with Crippen molar-refractivity contribution in [2.24, 2.45) is 0 Å². The topological polar surface area (TPSA) is 72.9 Å². The predicted octanol–water partition coefficient (Wildman–Crippen LogP) is 1.76. The number of carboxylic acids is 1. The minimum Gasteiger partial charge on any atom is -0.480 e. The van der Waals surface area contributed by atoms with Crippen LogP contribution in [-0.4, -0.2) is 64.2 Å². The molecule has 0 saturated carbocycles. The van der Waals surface area contributed by atoms with E-state index in [-0.39, 0.29) is 11.6 Å². The number of aliphatic carboxylic acids is 1. The fraction of sp³-hybridized carbons (Fsp3) is 0.867. The normalized spacial score (nSPS) is 20.0. The maximum atomic E-state index is 12.3. The molecular formula is C15H29N3O3. The molecule has 1 unspecified atom stereocenters. The predicted molar refractivity (Wildman–Crippen MR) is 82.4 cm³/mol. The lowest BCUT2D eigenvalue weighted by Gasteiger charge is -2.42. The van der Waals surface area contributed by atoms with Gasteiger partial charge in [0.15, 0.2) is 0 Å². The zero-order chi connectivity index (χ0) is 16.3. The molecule has 0 aromatic carbocycles. The van der Waals surface area contributed by atoms with E-state index in [0.717, 1.165) is 13.1 Å². The number of hydrogen-bond donors (Lipinski definition) is 2. The summed E-state index contributed by atoms with van der Waals surface area (Å²) in [4.78, 5) is 27.7. The summed E-state index contributed by atoms with van der Waals surface area (Å²) in [5.41, 5.74) is -1.09. The molecule has 0 aromatic heterocycles. The molecule has 0 aliphatic carbocycles. The van der Waals surface area contributed by atoms with E-state index in [4.69, 9.17) is 0 Å². The first-order chi connectivity index (χ1) is 9.60. The number of carboxylic acid groups (broad SMARTS) is 1. The third-order valence-corrected chi connectivity index (χ3v) is 4.12. The van der Waals surface area contributed by atoms with Crippen LogP contribution in [0.3, 0.4) is 0 Å². The van der Waals surface area contributed by atoms with E-state index in [1.165, 1.54) is 0 Å². The molecule has 0 spiro atoms. The number of hydrogen-bond acceptors (Lipinski definition) is 3. The Labute approximate surface area is 127 Å². The molecule has 0 bridgehead atoms. The van der Waals surface area contributed by atoms with Crippen LogP contribution in [0.1, 0.15) is 47.5 Å². The van der Waals surface area contributed by atoms with Crippen LogP contribution in [-0.2, 0) is 4.79 Å². The van der Waals surface area contributed by atoms with Gasteiger partial charge in [-0.25, -0.2) is 9.59 Å². The molecule has 6 heteroatoms. The van der Waals surface area contributed by atoms with Gasteiger partial charge in [0.2, 0.25) is 0 Å². The van der Waals surface area contributed by atoms with E-state index < -0.39 is 11.5 Å². The van der Waals surface area contributed by atoms with Crippen molar-refractivity contribution in [3.63, 3.8) is 0 Å². The number of nitrogens with one attached hydrogen (secondary N) is 1. The molecule has 2 amide bonds. The quantitative estimate of drug-likeness (QED) is 0.829. The minimum atomic E-state index is -1.19. The van der Waals surface area contributed by atoms with E-state index >= 15 is 0 Å². The molecule has 6 nitrogen and oxygen atoms in total. The van der Waals surface area contributed by atoms with Crippen LogP contribution in [0.25, 0.3) is 0 Å². The van der Waals surface area contributed by atoms with Crippen LogP contribution in [0.5, 0.6) is 0 Å². The molecule has 1 saturated heterocycles. The van der Waals surface area contributed by atoms with Gasteiger partial charge in [-0.2, -0.15) is 0 Å². The van der Waals surface area contributed by atoms with E-state index in [0.29, 0.717) is 25.9 Å². The van der Waals surface area contributed by atoms with Gasteiger partial charge in [-0.3, -0.25) is 4.90 Å². The van der Waals surface area contributed by atoms with Crippen LogP contribution < -0.4 is 5.32 Å². The average molecular weight is 299 g/mol. The zero-order valence-electron chi connectivity index (χ0n) is 13.9. The number of rotatable bonds is 4. The summed E-state index contributed by atoms with van der Waals surface area (Å²) < 4.78 is 0. The Morgan fingerprint density at radius 2 is 1.62 bits per heavy atom. The molecule has 1 aliphatic heterocycles. The summed E-state index contributed by atoms with van der Waals surface area (Å²) in [5.74, 6) is -0.981. The molecule has 2 N–H and O–H groups in total. The number of carbonyl (C=O) groups is 2. The molecule has 1 atom stereocenters. The summed E-state index contributed by atoms with van der Waals surface area (Å²) in [6, 6.07) is -0.276. The van der Waals surface area contributed by atoms with Gasteiger partial charge in [0.1, 0.15) is 5.54 Å². The maximum Gasteiger partial charge on any atom is 0.329 e. The fourth-order valence-corrected chi connectivity index (χ4v) is 2.62. The first-order valence-electron chi connectivity index (χ1n) is 7.65. The van der Waals surface area contributed by atoms with Crippen LogP contribution in [0.4, 0.5) is 4.79 Å². The number of urea groups is 1. The van der Waals surface area contributed by atoms with Gasteiger partial charge in [-0.15, -0.1) is 0 Å². The lowest BCUT2D eigenvalue weighted by atomic mass is 9.96. The van der Waals surface area contributed by atoms with E-state index in [2.05, 4.69) is 31.0 Å². The van der Waals surface area contributed by atoms with Gasteiger partial charge in [0.25, 0.3) is 0 Å². The smallest absolute Gasteiger partial charge is 0.329 e. The number of nitrogens with zero attached hydrogens (tertiary/aromatic N) is 2. The van der Waals surface area contributed by atoms with Crippen molar-refractivity contribution in [1.82, 2.24) is 15.1 Å². The average Bonchev–Trinajstić information content (AvgIpc) is 2.37. The Balaban J connectivity index is 2.60. The molecule has 0 aromatic rings. The van der Waals surface area contributed by atoms with Crippen LogP contribution in [0.15, 0.2) is 0 Å². The maximum absolute atomic E-state index is 12.3. The van der Waals surface area contributed by atoms with Crippen molar-refractivity contribution in [1.29, 1.82) is 0 Å². The molecular weight excluding hydrogens is 270 g/mol. The lowest BCUT2D eigenvalue weighted by molar-refractivity contribution is -0.144. The summed E-state index contributed by atoms with van der Waals surface area (Å²) in [7, 11) is 0. The Morgan fingerprint density at radius 1 is 1.10 bits per heavy atom. The van der Waals surface area contributed by atoms with Gasteiger partial charge in [-0.05, 0) is 34.1 Å².